The Morgan fingerprint density at radius 1 is 0.324 bits per heavy atom. The van der Waals surface area contributed by atoms with E-state index in [9.17, 15) is 0 Å². The second kappa shape index (κ2) is 7.50. The summed E-state index contributed by atoms with van der Waals surface area (Å²) >= 11 is 0. The molecule has 0 N–H and O–H groups in total. The maximum absolute atomic E-state index is 5.16. The minimum Gasteiger partial charge on any atom is -0.245 e. The monoisotopic (exact) mass is 432 g/mol. The van der Waals surface area contributed by atoms with Crippen molar-refractivity contribution in [2.45, 2.75) is 0 Å². The summed E-state index contributed by atoms with van der Waals surface area (Å²) in [4.78, 5) is 10.3. The van der Waals surface area contributed by atoms with Gasteiger partial charge in [0.1, 0.15) is 0 Å². The Labute approximate surface area is 197 Å². The van der Waals surface area contributed by atoms with Gasteiger partial charge in [-0.25, -0.2) is 9.97 Å². The van der Waals surface area contributed by atoms with Gasteiger partial charge >= 0.3 is 0 Å². The molecule has 0 amide bonds. The first-order valence-electron chi connectivity index (χ1n) is 11.5. The van der Waals surface area contributed by atoms with Gasteiger partial charge in [-0.3, -0.25) is 0 Å². The van der Waals surface area contributed by atoms with E-state index in [1.54, 1.807) is 0 Å². The lowest BCUT2D eigenvalue weighted by Gasteiger charge is -2.10. The predicted molar refractivity (Wildman–Crippen MR) is 143 cm³/mol. The molecule has 34 heavy (non-hydrogen) atoms. The SMILES string of the molecule is c1ccc2c(-c3ccc4ccc5ccc(-c6cccc7ccccc67)nc5c4n3)cccc2c1. The molecular weight excluding hydrogens is 412 g/mol. The average Bonchev–Trinajstić information content (AvgIpc) is 2.92. The molecule has 7 aromatic rings. The second-order valence-corrected chi connectivity index (χ2v) is 8.66. The van der Waals surface area contributed by atoms with Crippen molar-refractivity contribution in [2.24, 2.45) is 0 Å². The lowest BCUT2D eigenvalue weighted by molar-refractivity contribution is 1.37. The Kier molecular flexibility index (Phi) is 4.18. The molecule has 0 spiro atoms. The van der Waals surface area contributed by atoms with E-state index < -0.39 is 0 Å². The number of rotatable bonds is 2. The minimum atomic E-state index is 0.935. The molecule has 0 unspecified atom stereocenters. The van der Waals surface area contributed by atoms with E-state index in [1.807, 2.05) is 0 Å². The Morgan fingerprint density at radius 2 is 0.735 bits per heavy atom. The topological polar surface area (TPSA) is 25.8 Å². The van der Waals surface area contributed by atoms with Gasteiger partial charge in [-0.15, -0.1) is 0 Å². The third kappa shape index (κ3) is 2.96. The highest BCUT2D eigenvalue weighted by atomic mass is 14.8. The van der Waals surface area contributed by atoms with Crippen molar-refractivity contribution >= 4 is 43.4 Å². The molecule has 5 aromatic carbocycles. The van der Waals surface area contributed by atoms with Gasteiger partial charge in [0.2, 0.25) is 0 Å². The normalized spacial score (nSPS) is 11.5. The molecule has 0 aliphatic rings. The van der Waals surface area contributed by atoms with Gasteiger partial charge in [0.05, 0.1) is 22.4 Å². The first kappa shape index (κ1) is 19.0. The van der Waals surface area contributed by atoms with E-state index in [1.165, 1.54) is 21.5 Å². The van der Waals surface area contributed by atoms with Crippen molar-refractivity contribution < 1.29 is 0 Å². The quantitative estimate of drug-likeness (QED) is 0.256. The fourth-order valence-corrected chi connectivity index (χ4v) is 4.97. The van der Waals surface area contributed by atoms with E-state index in [4.69, 9.17) is 9.97 Å². The molecule has 2 heteroatoms. The third-order valence-electron chi connectivity index (χ3n) is 6.65. The number of benzene rings is 5. The summed E-state index contributed by atoms with van der Waals surface area (Å²) in [5.74, 6) is 0. The first-order chi connectivity index (χ1) is 16.8. The van der Waals surface area contributed by atoms with E-state index in [-0.39, 0.29) is 0 Å². The van der Waals surface area contributed by atoms with E-state index in [2.05, 4.69) is 121 Å². The molecule has 0 radical (unpaired) electrons. The van der Waals surface area contributed by atoms with Crippen molar-refractivity contribution in [2.75, 3.05) is 0 Å². The molecule has 0 atom stereocenters. The standard InChI is InChI=1S/C32H20N2/c1-3-11-25-21(7-1)9-5-13-27(25)29-19-17-23-15-16-24-18-20-30(34-32(24)31(23)33-29)28-14-6-10-22-8-2-4-12-26(22)28/h1-20H. The molecule has 2 nitrogen and oxygen atoms in total. The van der Waals surface area contributed by atoms with Crippen LogP contribution in [0.15, 0.2) is 121 Å². The molecule has 2 heterocycles. The number of nitrogens with zero attached hydrogens (tertiary/aromatic N) is 2. The number of fused-ring (bicyclic) bond motifs is 5. The highest BCUT2D eigenvalue weighted by Crippen LogP contribution is 2.33. The zero-order valence-corrected chi connectivity index (χ0v) is 18.4. The van der Waals surface area contributed by atoms with E-state index in [0.29, 0.717) is 0 Å². The fraction of sp³-hybridized carbons (Fsp3) is 0. The molecule has 0 aliphatic carbocycles. The maximum atomic E-state index is 5.16. The summed E-state index contributed by atoms with van der Waals surface area (Å²) in [7, 11) is 0. The highest BCUT2D eigenvalue weighted by Gasteiger charge is 2.11. The van der Waals surface area contributed by atoms with E-state index in [0.717, 1.165) is 44.3 Å². The first-order valence-corrected chi connectivity index (χ1v) is 11.5. The Morgan fingerprint density at radius 3 is 1.24 bits per heavy atom. The Hall–Kier alpha value is -4.56. The zero-order chi connectivity index (χ0) is 22.5. The summed E-state index contributed by atoms with van der Waals surface area (Å²) in [6, 6.07) is 42.5. The lowest BCUT2D eigenvalue weighted by atomic mass is 10.00. The summed E-state index contributed by atoms with van der Waals surface area (Å²) in [6.45, 7) is 0. The minimum absolute atomic E-state index is 0.935. The average molecular weight is 433 g/mol. The Bertz CT molecular complexity index is 1720. The molecule has 0 fully saturated rings. The summed E-state index contributed by atoms with van der Waals surface area (Å²) in [5, 5.41) is 7.05. The van der Waals surface area contributed by atoms with Gasteiger partial charge in [-0.05, 0) is 33.7 Å². The van der Waals surface area contributed by atoms with Crippen LogP contribution in [0.3, 0.4) is 0 Å². The van der Waals surface area contributed by atoms with Gasteiger partial charge in [0, 0.05) is 21.9 Å². The van der Waals surface area contributed by atoms with Crippen molar-refractivity contribution in [3.8, 4) is 22.5 Å². The zero-order valence-electron chi connectivity index (χ0n) is 18.4. The molecule has 0 saturated carbocycles. The van der Waals surface area contributed by atoms with Crippen LogP contribution >= 0.6 is 0 Å². The fourth-order valence-electron chi connectivity index (χ4n) is 4.97. The van der Waals surface area contributed by atoms with Crippen molar-refractivity contribution in [3.63, 3.8) is 0 Å². The molecule has 0 saturated heterocycles. The summed E-state index contributed by atoms with van der Waals surface area (Å²) in [5.41, 5.74) is 6.09. The number of hydrogen-bond donors (Lipinski definition) is 0. The predicted octanol–water partition coefficient (Wildman–Crippen LogP) is 8.42. The van der Waals surface area contributed by atoms with Crippen LogP contribution in [-0.2, 0) is 0 Å². The van der Waals surface area contributed by atoms with E-state index >= 15 is 0 Å². The molecule has 158 valence electrons. The van der Waals surface area contributed by atoms with Crippen LogP contribution in [-0.4, -0.2) is 9.97 Å². The van der Waals surface area contributed by atoms with Crippen LogP contribution in [0.1, 0.15) is 0 Å². The van der Waals surface area contributed by atoms with Crippen molar-refractivity contribution in [1.82, 2.24) is 9.97 Å². The molecule has 7 rings (SSSR count). The second-order valence-electron chi connectivity index (χ2n) is 8.66. The Balaban J connectivity index is 1.49. The van der Waals surface area contributed by atoms with Crippen LogP contribution in [0.4, 0.5) is 0 Å². The van der Waals surface area contributed by atoms with Crippen LogP contribution in [0.25, 0.3) is 65.9 Å². The van der Waals surface area contributed by atoms with Crippen LogP contribution in [0, 0.1) is 0 Å². The lowest BCUT2D eigenvalue weighted by Crippen LogP contribution is -1.92. The largest absolute Gasteiger partial charge is 0.245 e. The van der Waals surface area contributed by atoms with Gasteiger partial charge < -0.3 is 0 Å². The van der Waals surface area contributed by atoms with Gasteiger partial charge in [-0.2, -0.15) is 0 Å². The van der Waals surface area contributed by atoms with Crippen molar-refractivity contribution in [3.05, 3.63) is 121 Å². The molecule has 2 aromatic heterocycles. The highest BCUT2D eigenvalue weighted by molar-refractivity contribution is 6.06. The van der Waals surface area contributed by atoms with Crippen LogP contribution in [0.5, 0.6) is 0 Å². The molecular formula is C32H20N2. The number of pyridine rings is 2. The summed E-state index contributed by atoms with van der Waals surface area (Å²) < 4.78 is 0. The van der Waals surface area contributed by atoms with Crippen molar-refractivity contribution in [1.29, 1.82) is 0 Å². The van der Waals surface area contributed by atoms with Crippen LogP contribution < -0.4 is 0 Å². The number of hydrogen-bond acceptors (Lipinski definition) is 2. The van der Waals surface area contributed by atoms with Gasteiger partial charge in [0.25, 0.3) is 0 Å². The molecule has 0 aliphatic heterocycles. The maximum Gasteiger partial charge on any atom is 0.0972 e. The summed E-state index contributed by atoms with van der Waals surface area (Å²) in [6.07, 6.45) is 0. The smallest absolute Gasteiger partial charge is 0.0972 e. The number of aromatic nitrogens is 2. The van der Waals surface area contributed by atoms with Gasteiger partial charge in [0.15, 0.2) is 0 Å². The van der Waals surface area contributed by atoms with Crippen LogP contribution in [0.2, 0.25) is 0 Å². The third-order valence-corrected chi connectivity index (χ3v) is 6.65. The van der Waals surface area contributed by atoms with Gasteiger partial charge in [-0.1, -0.05) is 109 Å². The molecule has 0 bridgehead atoms.